The Labute approximate surface area is 96.6 Å². The molecule has 1 saturated heterocycles. The van der Waals surface area contributed by atoms with Crippen LogP contribution in [0.15, 0.2) is 23.1 Å². The van der Waals surface area contributed by atoms with Gasteiger partial charge in [0.25, 0.3) is 5.91 Å². The van der Waals surface area contributed by atoms with Gasteiger partial charge in [0.1, 0.15) is 0 Å². The van der Waals surface area contributed by atoms with E-state index in [1.165, 1.54) is 11.8 Å². The van der Waals surface area contributed by atoms with Gasteiger partial charge >= 0.3 is 0 Å². The van der Waals surface area contributed by atoms with Crippen molar-refractivity contribution < 1.29 is 14.3 Å². The highest BCUT2D eigenvalue weighted by atomic mass is 32.2. The van der Waals surface area contributed by atoms with Crippen molar-refractivity contribution in [3.05, 3.63) is 34.5 Å². The van der Waals surface area contributed by atoms with Crippen LogP contribution >= 0.6 is 11.8 Å². The van der Waals surface area contributed by atoms with Crippen LogP contribution in [0.2, 0.25) is 0 Å². The van der Waals surface area contributed by atoms with Crippen molar-refractivity contribution in [1.82, 2.24) is 5.32 Å². The van der Waals surface area contributed by atoms with Crippen molar-refractivity contribution >= 4 is 23.7 Å². The van der Waals surface area contributed by atoms with Gasteiger partial charge in [-0.15, -0.1) is 0 Å². The van der Waals surface area contributed by atoms with Gasteiger partial charge in [-0.1, -0.05) is 17.8 Å². The normalized spacial score (nSPS) is 20.2. The molecule has 2 aliphatic heterocycles. The smallest absolute Gasteiger partial charge is 0.259 e. The van der Waals surface area contributed by atoms with Crippen LogP contribution < -0.4 is 14.8 Å². The van der Waals surface area contributed by atoms with Crippen LogP contribution in [-0.2, 0) is 4.79 Å². The molecule has 80 valence electrons. The molecule has 2 heterocycles. The number of carbonyl (C=O) groups is 1. The van der Waals surface area contributed by atoms with E-state index in [2.05, 4.69) is 11.2 Å². The third-order valence-electron chi connectivity index (χ3n) is 2.24. The zero-order valence-electron chi connectivity index (χ0n) is 8.15. The van der Waals surface area contributed by atoms with Crippen molar-refractivity contribution in [1.29, 1.82) is 0 Å². The average Bonchev–Trinajstić information content (AvgIpc) is 2.88. The molecular weight excluding hydrogens is 226 g/mol. The fourth-order valence-electron chi connectivity index (χ4n) is 1.48. The lowest BCUT2D eigenvalue weighted by Crippen LogP contribution is -2.11. The van der Waals surface area contributed by atoms with Crippen LogP contribution in [0.3, 0.4) is 0 Å². The Kier molecular flexibility index (Phi) is 2.25. The minimum atomic E-state index is -0.123. The van der Waals surface area contributed by atoms with Gasteiger partial charge in [0.15, 0.2) is 17.4 Å². The summed E-state index contributed by atoms with van der Waals surface area (Å²) in [6, 6.07) is 5.56. The number of fused-ring (bicyclic) bond motifs is 1. The van der Waals surface area contributed by atoms with Crippen LogP contribution in [0.1, 0.15) is 5.56 Å². The summed E-state index contributed by atoms with van der Waals surface area (Å²) >= 11 is 1.26. The summed E-state index contributed by atoms with van der Waals surface area (Å²) in [7, 11) is 0. The van der Waals surface area contributed by atoms with Gasteiger partial charge in [-0.25, -0.2) is 0 Å². The second-order valence-electron chi connectivity index (χ2n) is 3.28. The predicted octanol–water partition coefficient (Wildman–Crippen LogP) is 1.62. The van der Waals surface area contributed by atoms with Gasteiger partial charge in [0.2, 0.25) is 6.79 Å². The molecule has 1 fully saturated rings. The highest BCUT2D eigenvalue weighted by Gasteiger charge is 2.19. The number of nitrogens with one attached hydrogen (secondary N) is 1. The molecule has 0 bridgehead atoms. The molecule has 0 unspecified atom stereocenters. The second-order valence-corrected chi connectivity index (χ2v) is 4.13. The Hall–Kier alpha value is -1.62. The topological polar surface area (TPSA) is 47.6 Å². The molecule has 5 heteroatoms. The summed E-state index contributed by atoms with van der Waals surface area (Å²) in [5.74, 6) is 4.02. The van der Waals surface area contributed by atoms with E-state index >= 15 is 0 Å². The van der Waals surface area contributed by atoms with Gasteiger partial charge in [-0.2, -0.15) is 0 Å². The summed E-state index contributed by atoms with van der Waals surface area (Å²) in [5, 5.41) is 2.49. The first kappa shape index (κ1) is 9.59. The highest BCUT2D eigenvalue weighted by molar-refractivity contribution is 8.06. The Morgan fingerprint density at radius 2 is 2.25 bits per heavy atom. The standard InChI is InChI=1S/C11H7NO3S/c13-11-10(16-5-12-11)4-7-1-2-8-9(3-7)15-6-14-8/h1-4H,6H2,(H,12,13)/b10-4-. The van der Waals surface area contributed by atoms with E-state index in [-0.39, 0.29) is 12.7 Å². The maximum Gasteiger partial charge on any atom is 0.259 e. The fourth-order valence-corrected chi connectivity index (χ4v) is 2.08. The maximum absolute atomic E-state index is 11.3. The van der Waals surface area contributed by atoms with E-state index in [1.807, 2.05) is 18.2 Å². The van der Waals surface area contributed by atoms with Crippen molar-refractivity contribution in [2.45, 2.75) is 0 Å². The van der Waals surface area contributed by atoms with Gasteiger partial charge in [-0.3, -0.25) is 4.79 Å². The SMILES string of the molecule is O=C1N[C]S/C1=C\c1ccc2c(c1)OCO2. The monoisotopic (exact) mass is 233 g/mol. The number of thioether (sulfide) groups is 1. The molecule has 16 heavy (non-hydrogen) atoms. The van der Waals surface area contributed by atoms with Gasteiger partial charge in [0, 0.05) is 0 Å². The van der Waals surface area contributed by atoms with Crippen LogP contribution in [0, 0.1) is 5.88 Å². The second kappa shape index (κ2) is 3.75. The van der Waals surface area contributed by atoms with E-state index in [9.17, 15) is 4.79 Å². The fraction of sp³-hybridized carbons (Fsp3) is 0.0909. The molecule has 0 aliphatic carbocycles. The Morgan fingerprint density at radius 1 is 1.38 bits per heavy atom. The molecule has 0 spiro atoms. The minimum absolute atomic E-state index is 0.123. The maximum atomic E-state index is 11.3. The number of amides is 1. The molecule has 0 atom stereocenters. The van der Waals surface area contributed by atoms with Crippen LogP contribution in [0.25, 0.3) is 6.08 Å². The lowest BCUT2D eigenvalue weighted by molar-refractivity contribution is -0.115. The number of hydrogen-bond acceptors (Lipinski definition) is 4. The number of rotatable bonds is 1. The van der Waals surface area contributed by atoms with E-state index < -0.39 is 0 Å². The molecule has 1 amide bonds. The van der Waals surface area contributed by atoms with Crippen LogP contribution in [0.5, 0.6) is 11.5 Å². The van der Waals surface area contributed by atoms with Crippen molar-refractivity contribution in [3.8, 4) is 11.5 Å². The molecular formula is C11H7NO3S. The molecule has 2 aliphatic rings. The lowest BCUT2D eigenvalue weighted by atomic mass is 10.2. The average molecular weight is 233 g/mol. The zero-order chi connectivity index (χ0) is 11.0. The first-order chi connectivity index (χ1) is 7.83. The predicted molar refractivity (Wildman–Crippen MR) is 59.5 cm³/mol. The van der Waals surface area contributed by atoms with E-state index in [1.54, 1.807) is 6.08 Å². The quantitative estimate of drug-likeness (QED) is 0.749. The molecule has 1 N–H and O–H groups in total. The molecule has 1 aromatic carbocycles. The number of benzene rings is 1. The van der Waals surface area contributed by atoms with Crippen LogP contribution in [0.4, 0.5) is 0 Å². The van der Waals surface area contributed by atoms with E-state index in [0.29, 0.717) is 10.7 Å². The summed E-state index contributed by atoms with van der Waals surface area (Å²) in [6.07, 6.45) is 1.79. The van der Waals surface area contributed by atoms with Crippen molar-refractivity contribution in [3.63, 3.8) is 0 Å². The molecule has 1 aromatic rings. The highest BCUT2D eigenvalue weighted by Crippen LogP contribution is 2.34. The summed E-state index contributed by atoms with van der Waals surface area (Å²) in [4.78, 5) is 11.9. The van der Waals surface area contributed by atoms with Gasteiger partial charge < -0.3 is 14.8 Å². The molecule has 4 nitrogen and oxygen atoms in total. The third kappa shape index (κ3) is 1.63. The summed E-state index contributed by atoms with van der Waals surface area (Å²) < 4.78 is 10.5. The first-order valence-corrected chi connectivity index (χ1v) is 5.48. The van der Waals surface area contributed by atoms with Crippen molar-refractivity contribution in [2.75, 3.05) is 6.79 Å². The van der Waals surface area contributed by atoms with E-state index in [4.69, 9.17) is 9.47 Å². The van der Waals surface area contributed by atoms with E-state index in [0.717, 1.165) is 11.3 Å². The Bertz CT molecular complexity index is 484. The molecule has 2 radical (unpaired) electrons. The third-order valence-corrected chi connectivity index (χ3v) is 2.97. The lowest BCUT2D eigenvalue weighted by Gasteiger charge is -1.98. The first-order valence-electron chi connectivity index (χ1n) is 4.66. The molecule has 3 rings (SSSR count). The largest absolute Gasteiger partial charge is 0.454 e. The minimum Gasteiger partial charge on any atom is -0.454 e. The van der Waals surface area contributed by atoms with Crippen molar-refractivity contribution in [2.24, 2.45) is 0 Å². The Balaban J connectivity index is 1.93. The number of carbonyl (C=O) groups excluding carboxylic acids is 1. The number of hydrogen-bond donors (Lipinski definition) is 1. The summed E-state index contributed by atoms with van der Waals surface area (Å²) in [5.41, 5.74) is 0.908. The Morgan fingerprint density at radius 3 is 3.06 bits per heavy atom. The molecule has 0 aromatic heterocycles. The van der Waals surface area contributed by atoms with Gasteiger partial charge in [-0.05, 0) is 23.8 Å². The summed E-state index contributed by atoms with van der Waals surface area (Å²) in [6.45, 7) is 0.256. The van der Waals surface area contributed by atoms with Crippen LogP contribution in [-0.4, -0.2) is 12.7 Å². The van der Waals surface area contributed by atoms with Gasteiger partial charge in [0.05, 0.1) is 4.91 Å². The number of ether oxygens (including phenoxy) is 2. The zero-order valence-corrected chi connectivity index (χ0v) is 8.97. The molecule has 0 saturated carbocycles.